The van der Waals surface area contributed by atoms with Crippen LogP contribution in [0.2, 0.25) is 0 Å². The molecule has 0 unspecified atom stereocenters. The van der Waals surface area contributed by atoms with E-state index in [0.717, 1.165) is 0 Å². The summed E-state index contributed by atoms with van der Waals surface area (Å²) in [6, 6.07) is 21.4. The van der Waals surface area contributed by atoms with Gasteiger partial charge in [0, 0.05) is 22.4 Å². The van der Waals surface area contributed by atoms with Crippen molar-refractivity contribution in [3.05, 3.63) is 108 Å². The fourth-order valence-electron chi connectivity index (χ4n) is 2.99. The second-order valence-corrected chi connectivity index (χ2v) is 6.40. The van der Waals surface area contributed by atoms with Crippen LogP contribution in [0.5, 0.6) is 0 Å². The van der Waals surface area contributed by atoms with E-state index in [4.69, 9.17) is 0 Å². The van der Waals surface area contributed by atoms with Crippen molar-refractivity contribution in [2.75, 3.05) is 5.32 Å². The van der Waals surface area contributed by atoms with Crippen LogP contribution in [-0.4, -0.2) is 21.9 Å². The summed E-state index contributed by atoms with van der Waals surface area (Å²) in [5, 5.41) is 9.49. The van der Waals surface area contributed by atoms with E-state index < -0.39 is 0 Å². The van der Waals surface area contributed by atoms with Gasteiger partial charge in [-0.05, 0) is 36.4 Å². The van der Waals surface area contributed by atoms with E-state index in [-0.39, 0.29) is 17.5 Å². The van der Waals surface area contributed by atoms with Gasteiger partial charge in [0.05, 0.1) is 17.5 Å². The Morgan fingerprint density at radius 3 is 2.34 bits per heavy atom. The molecule has 4 aromatic rings. The zero-order valence-corrected chi connectivity index (χ0v) is 15.2. The van der Waals surface area contributed by atoms with Gasteiger partial charge < -0.3 is 5.32 Å². The van der Waals surface area contributed by atoms with Gasteiger partial charge in [0.2, 0.25) is 0 Å². The highest BCUT2D eigenvalue weighted by atomic mass is 19.1. The molecule has 0 radical (unpaired) electrons. The average molecular weight is 385 g/mol. The van der Waals surface area contributed by atoms with Gasteiger partial charge in [-0.3, -0.25) is 14.7 Å². The molecule has 5 nitrogen and oxygen atoms in total. The first-order valence-corrected chi connectivity index (χ1v) is 8.92. The zero-order valence-electron chi connectivity index (χ0n) is 15.2. The quantitative estimate of drug-likeness (QED) is 0.489. The van der Waals surface area contributed by atoms with Crippen molar-refractivity contribution in [1.29, 1.82) is 0 Å². The molecule has 29 heavy (non-hydrogen) atoms. The van der Waals surface area contributed by atoms with Gasteiger partial charge in [0.1, 0.15) is 5.82 Å². The van der Waals surface area contributed by atoms with Crippen molar-refractivity contribution in [1.82, 2.24) is 10.2 Å². The molecule has 142 valence electrons. The zero-order chi connectivity index (χ0) is 20.2. The Hall–Kier alpha value is -4.06. The Balaban J connectivity index is 1.57. The molecule has 4 rings (SSSR count). The summed E-state index contributed by atoms with van der Waals surface area (Å²) in [7, 11) is 0. The number of halogens is 1. The van der Waals surface area contributed by atoms with Crippen LogP contribution in [0.4, 0.5) is 10.1 Å². The number of nitrogens with one attached hydrogen (secondary N) is 2. The van der Waals surface area contributed by atoms with E-state index in [1.54, 1.807) is 60.7 Å². The van der Waals surface area contributed by atoms with Crippen LogP contribution < -0.4 is 5.32 Å². The van der Waals surface area contributed by atoms with Crippen molar-refractivity contribution in [3.8, 4) is 11.3 Å². The standard InChI is InChI=1S/C23H16FN3O2/c24-18-11-9-15(10-12-18)21-20(14-25-27-21)23(29)26-19-8-4-7-17(13-19)22(28)16-5-2-1-3-6-16/h1-14H,(H,25,27)(H,26,29). The fraction of sp³-hybridized carbons (Fsp3) is 0. The number of nitrogens with zero attached hydrogens (tertiary/aromatic N) is 1. The predicted octanol–water partition coefficient (Wildman–Crippen LogP) is 4.70. The maximum Gasteiger partial charge on any atom is 0.259 e. The van der Waals surface area contributed by atoms with Crippen molar-refractivity contribution in [2.45, 2.75) is 0 Å². The van der Waals surface area contributed by atoms with Crippen molar-refractivity contribution in [2.24, 2.45) is 0 Å². The highest BCUT2D eigenvalue weighted by Crippen LogP contribution is 2.23. The van der Waals surface area contributed by atoms with E-state index in [0.29, 0.717) is 33.6 Å². The highest BCUT2D eigenvalue weighted by molar-refractivity contribution is 6.11. The molecule has 2 N–H and O–H groups in total. The van der Waals surface area contributed by atoms with Gasteiger partial charge in [-0.25, -0.2) is 4.39 Å². The molecule has 3 aromatic carbocycles. The number of rotatable bonds is 5. The molecule has 1 aromatic heterocycles. The van der Waals surface area contributed by atoms with E-state index in [9.17, 15) is 14.0 Å². The Kier molecular flexibility index (Phi) is 4.99. The van der Waals surface area contributed by atoms with Crippen LogP contribution in [0.1, 0.15) is 26.3 Å². The maximum atomic E-state index is 13.2. The molecule has 0 spiro atoms. The topological polar surface area (TPSA) is 74.8 Å². The minimum atomic E-state index is -0.387. The third kappa shape index (κ3) is 3.96. The third-order valence-corrected chi connectivity index (χ3v) is 4.44. The summed E-state index contributed by atoms with van der Waals surface area (Å²) < 4.78 is 13.2. The lowest BCUT2D eigenvalue weighted by Gasteiger charge is -2.08. The van der Waals surface area contributed by atoms with Gasteiger partial charge in [0.25, 0.3) is 5.91 Å². The Morgan fingerprint density at radius 2 is 1.59 bits per heavy atom. The first kappa shape index (κ1) is 18.3. The van der Waals surface area contributed by atoms with Gasteiger partial charge in [-0.15, -0.1) is 0 Å². The number of carbonyl (C=O) groups is 2. The van der Waals surface area contributed by atoms with Crippen LogP contribution >= 0.6 is 0 Å². The first-order chi connectivity index (χ1) is 14.1. The summed E-state index contributed by atoms with van der Waals surface area (Å²) >= 11 is 0. The minimum absolute atomic E-state index is 0.128. The lowest BCUT2D eigenvalue weighted by Crippen LogP contribution is -2.13. The summed E-state index contributed by atoms with van der Waals surface area (Å²) in [5.41, 5.74) is 2.98. The number of aromatic amines is 1. The molecule has 0 aliphatic heterocycles. The molecule has 6 heteroatoms. The first-order valence-electron chi connectivity index (χ1n) is 8.92. The molecule has 0 fully saturated rings. The number of aromatic nitrogens is 2. The normalized spacial score (nSPS) is 10.5. The molecular formula is C23H16FN3O2. The lowest BCUT2D eigenvalue weighted by atomic mass is 10.0. The van der Waals surface area contributed by atoms with Crippen molar-refractivity contribution in [3.63, 3.8) is 0 Å². The Morgan fingerprint density at radius 1 is 0.862 bits per heavy atom. The summed E-state index contributed by atoms with van der Waals surface area (Å²) in [6.45, 7) is 0. The van der Waals surface area contributed by atoms with Crippen LogP contribution in [0.25, 0.3) is 11.3 Å². The van der Waals surface area contributed by atoms with Crippen molar-refractivity contribution < 1.29 is 14.0 Å². The largest absolute Gasteiger partial charge is 0.322 e. The van der Waals surface area contributed by atoms with Crippen LogP contribution in [0.3, 0.4) is 0 Å². The average Bonchev–Trinajstić information content (AvgIpc) is 3.25. The van der Waals surface area contributed by atoms with Gasteiger partial charge in [-0.1, -0.05) is 42.5 Å². The molecule has 0 atom stereocenters. The molecule has 1 amide bonds. The summed E-state index contributed by atoms with van der Waals surface area (Å²) in [6.07, 6.45) is 1.41. The molecule has 0 saturated carbocycles. The number of hydrogen-bond acceptors (Lipinski definition) is 3. The van der Waals surface area contributed by atoms with Crippen LogP contribution in [0, 0.1) is 5.82 Å². The van der Waals surface area contributed by atoms with E-state index in [1.807, 2.05) is 6.07 Å². The van der Waals surface area contributed by atoms with Gasteiger partial charge >= 0.3 is 0 Å². The van der Waals surface area contributed by atoms with Gasteiger partial charge in [-0.2, -0.15) is 5.10 Å². The molecule has 0 aliphatic rings. The Bertz CT molecular complexity index is 1170. The third-order valence-electron chi connectivity index (χ3n) is 4.44. The number of carbonyl (C=O) groups excluding carboxylic acids is 2. The monoisotopic (exact) mass is 385 g/mol. The summed E-state index contributed by atoms with van der Waals surface area (Å²) in [5.74, 6) is -0.876. The fourth-order valence-corrected chi connectivity index (χ4v) is 2.99. The van der Waals surface area contributed by atoms with Crippen LogP contribution in [-0.2, 0) is 0 Å². The SMILES string of the molecule is O=C(c1ccccc1)c1cccc(NC(=O)c2cn[nH]c2-c2ccc(F)cc2)c1. The smallest absolute Gasteiger partial charge is 0.259 e. The highest BCUT2D eigenvalue weighted by Gasteiger charge is 2.16. The Labute approximate surface area is 166 Å². The maximum absolute atomic E-state index is 13.2. The lowest BCUT2D eigenvalue weighted by molar-refractivity contribution is 0.102. The van der Waals surface area contributed by atoms with E-state index in [2.05, 4.69) is 15.5 Å². The van der Waals surface area contributed by atoms with E-state index >= 15 is 0 Å². The van der Waals surface area contributed by atoms with E-state index in [1.165, 1.54) is 18.3 Å². The second-order valence-electron chi connectivity index (χ2n) is 6.40. The number of anilines is 1. The molecule has 0 saturated heterocycles. The van der Waals surface area contributed by atoms with Crippen LogP contribution in [0.15, 0.2) is 85.1 Å². The number of hydrogen-bond donors (Lipinski definition) is 2. The predicted molar refractivity (Wildman–Crippen MR) is 108 cm³/mol. The summed E-state index contributed by atoms with van der Waals surface area (Å²) in [4.78, 5) is 25.4. The number of ketones is 1. The second kappa shape index (κ2) is 7.90. The number of amides is 1. The number of H-pyrrole nitrogens is 1. The minimum Gasteiger partial charge on any atom is -0.322 e. The van der Waals surface area contributed by atoms with Crippen molar-refractivity contribution >= 4 is 17.4 Å². The van der Waals surface area contributed by atoms with Gasteiger partial charge in [0.15, 0.2) is 5.78 Å². The number of benzene rings is 3. The molecule has 0 aliphatic carbocycles. The molecule has 0 bridgehead atoms. The molecule has 1 heterocycles. The molecular weight excluding hydrogens is 369 g/mol.